The zero-order valence-corrected chi connectivity index (χ0v) is 22.2. The summed E-state index contributed by atoms with van der Waals surface area (Å²) in [6, 6.07) is 26.4. The molecule has 0 spiro atoms. The lowest BCUT2D eigenvalue weighted by Crippen LogP contribution is -2.52. The molecule has 0 radical (unpaired) electrons. The van der Waals surface area contributed by atoms with Gasteiger partial charge in [0.15, 0.2) is 5.82 Å². The molecule has 1 aliphatic heterocycles. The number of ether oxygens (including phenoxy) is 1. The van der Waals surface area contributed by atoms with Crippen molar-refractivity contribution in [2.24, 2.45) is 0 Å². The molecule has 3 aromatic carbocycles. The Hall–Kier alpha value is -4.79. The molecule has 2 amide bonds. The minimum atomic E-state index is -0.348. The summed E-state index contributed by atoms with van der Waals surface area (Å²) in [6.45, 7) is 2.35. The second-order valence-corrected chi connectivity index (χ2v) is 9.53. The minimum absolute atomic E-state index is 0.0680. The average Bonchev–Trinajstić information content (AvgIpc) is 3.02. The molecule has 1 fully saturated rings. The van der Waals surface area contributed by atoms with Crippen molar-refractivity contribution < 1.29 is 18.7 Å². The van der Waals surface area contributed by atoms with Gasteiger partial charge in [-0.3, -0.25) is 9.59 Å². The largest absolute Gasteiger partial charge is 0.497 e. The number of halogens is 1. The number of methoxy groups -OCH3 is 1. The Bertz CT molecular complexity index is 1420. The Morgan fingerprint density at radius 1 is 0.850 bits per heavy atom. The predicted octanol–water partition coefficient (Wildman–Crippen LogP) is 4.28. The second-order valence-electron chi connectivity index (χ2n) is 9.53. The Labute approximate surface area is 232 Å². The minimum Gasteiger partial charge on any atom is -0.497 e. The van der Waals surface area contributed by atoms with Crippen LogP contribution in [-0.2, 0) is 11.3 Å². The highest BCUT2D eigenvalue weighted by Crippen LogP contribution is 2.22. The molecule has 0 saturated carbocycles. The van der Waals surface area contributed by atoms with Gasteiger partial charge in [0.05, 0.1) is 12.8 Å². The van der Waals surface area contributed by atoms with E-state index in [0.717, 1.165) is 28.4 Å². The summed E-state index contributed by atoms with van der Waals surface area (Å²) in [5.41, 5.74) is 2.97. The maximum atomic E-state index is 13.4. The van der Waals surface area contributed by atoms with Crippen molar-refractivity contribution in [2.75, 3.05) is 44.7 Å². The van der Waals surface area contributed by atoms with E-state index < -0.39 is 0 Å². The van der Waals surface area contributed by atoms with E-state index in [-0.39, 0.29) is 30.7 Å². The molecule has 2 heterocycles. The van der Waals surface area contributed by atoms with Crippen LogP contribution in [0.3, 0.4) is 0 Å². The van der Waals surface area contributed by atoms with Crippen molar-refractivity contribution in [3.05, 3.63) is 108 Å². The molecule has 1 aliphatic rings. The van der Waals surface area contributed by atoms with Crippen molar-refractivity contribution in [2.45, 2.75) is 6.54 Å². The van der Waals surface area contributed by atoms with Crippen LogP contribution < -0.4 is 9.64 Å². The Kier molecular flexibility index (Phi) is 8.29. The van der Waals surface area contributed by atoms with E-state index >= 15 is 0 Å². The summed E-state index contributed by atoms with van der Waals surface area (Å²) < 4.78 is 18.6. The number of rotatable bonds is 8. The number of carbonyl (C=O) groups excluding carboxylic acids is 2. The van der Waals surface area contributed by atoms with Crippen molar-refractivity contribution in [3.8, 4) is 17.0 Å². The van der Waals surface area contributed by atoms with E-state index in [1.807, 2.05) is 42.5 Å². The summed E-state index contributed by atoms with van der Waals surface area (Å²) >= 11 is 0. The van der Waals surface area contributed by atoms with Crippen molar-refractivity contribution in [1.29, 1.82) is 0 Å². The smallest absolute Gasteiger partial charge is 0.254 e. The van der Waals surface area contributed by atoms with Crippen LogP contribution in [0.5, 0.6) is 5.75 Å². The number of anilines is 1. The van der Waals surface area contributed by atoms with Crippen LogP contribution >= 0.6 is 0 Å². The van der Waals surface area contributed by atoms with Gasteiger partial charge in [-0.2, -0.15) is 0 Å². The number of hydrogen-bond acceptors (Lipinski definition) is 6. The Morgan fingerprint density at radius 3 is 2.17 bits per heavy atom. The number of piperazine rings is 1. The standard InChI is InChI=1S/C31H30FN5O3/c1-40-27-13-9-24(10-14-27)28-15-16-29(34-33-28)35-17-19-36(20-18-35)30(38)22-37(21-23-7-11-26(32)12-8-23)31(39)25-5-3-2-4-6-25/h2-16H,17-22H2,1H3. The number of benzene rings is 3. The van der Waals surface area contributed by atoms with Crippen LogP contribution in [0.25, 0.3) is 11.3 Å². The summed E-state index contributed by atoms with van der Waals surface area (Å²) in [5.74, 6) is 0.806. The van der Waals surface area contributed by atoms with E-state index in [2.05, 4.69) is 15.1 Å². The van der Waals surface area contributed by atoms with Gasteiger partial charge >= 0.3 is 0 Å². The molecule has 1 saturated heterocycles. The molecule has 0 aliphatic carbocycles. The van der Waals surface area contributed by atoms with Crippen LogP contribution in [0.1, 0.15) is 15.9 Å². The molecular formula is C31H30FN5O3. The van der Waals surface area contributed by atoms with Crippen molar-refractivity contribution in [1.82, 2.24) is 20.0 Å². The lowest BCUT2D eigenvalue weighted by molar-refractivity contribution is -0.132. The first-order valence-corrected chi connectivity index (χ1v) is 13.1. The molecule has 0 unspecified atom stereocenters. The molecule has 40 heavy (non-hydrogen) atoms. The fourth-order valence-corrected chi connectivity index (χ4v) is 4.63. The van der Waals surface area contributed by atoms with Crippen LogP contribution in [0.4, 0.5) is 10.2 Å². The molecule has 9 heteroatoms. The SMILES string of the molecule is COc1ccc(-c2ccc(N3CCN(C(=O)CN(Cc4ccc(F)cc4)C(=O)c4ccccc4)CC3)nn2)cc1. The highest BCUT2D eigenvalue weighted by molar-refractivity contribution is 5.96. The Balaban J connectivity index is 1.21. The maximum Gasteiger partial charge on any atom is 0.254 e. The zero-order valence-electron chi connectivity index (χ0n) is 22.2. The van der Waals surface area contributed by atoms with E-state index in [0.29, 0.717) is 31.7 Å². The third kappa shape index (κ3) is 6.43. The molecule has 0 atom stereocenters. The van der Waals surface area contributed by atoms with Crippen LogP contribution in [0, 0.1) is 5.82 Å². The van der Waals surface area contributed by atoms with Gasteiger partial charge in [0.2, 0.25) is 5.91 Å². The molecule has 0 bridgehead atoms. The highest BCUT2D eigenvalue weighted by Gasteiger charge is 2.26. The number of aromatic nitrogens is 2. The van der Waals surface area contributed by atoms with Gasteiger partial charge in [0, 0.05) is 43.9 Å². The summed E-state index contributed by atoms with van der Waals surface area (Å²) in [4.78, 5) is 32.0. The monoisotopic (exact) mass is 539 g/mol. The van der Waals surface area contributed by atoms with Crippen LogP contribution in [-0.4, -0.2) is 71.6 Å². The maximum absolute atomic E-state index is 13.4. The number of nitrogens with zero attached hydrogens (tertiary/aromatic N) is 5. The predicted molar refractivity (Wildman–Crippen MR) is 150 cm³/mol. The quantitative estimate of drug-likeness (QED) is 0.333. The number of amides is 2. The van der Waals surface area contributed by atoms with E-state index in [4.69, 9.17) is 4.74 Å². The Morgan fingerprint density at radius 2 is 1.55 bits per heavy atom. The first-order chi connectivity index (χ1) is 19.5. The molecule has 5 rings (SSSR count). The van der Waals surface area contributed by atoms with Gasteiger partial charge in [0.25, 0.3) is 5.91 Å². The third-order valence-electron chi connectivity index (χ3n) is 6.91. The van der Waals surface area contributed by atoms with Gasteiger partial charge < -0.3 is 19.4 Å². The summed E-state index contributed by atoms with van der Waals surface area (Å²) in [5, 5.41) is 8.80. The average molecular weight is 540 g/mol. The van der Waals surface area contributed by atoms with Crippen molar-refractivity contribution >= 4 is 17.6 Å². The number of hydrogen-bond donors (Lipinski definition) is 0. The van der Waals surface area contributed by atoms with Gasteiger partial charge in [-0.15, -0.1) is 10.2 Å². The molecule has 8 nitrogen and oxygen atoms in total. The van der Waals surface area contributed by atoms with E-state index in [9.17, 15) is 14.0 Å². The normalized spacial score (nSPS) is 13.2. The van der Waals surface area contributed by atoms with Gasteiger partial charge in [-0.1, -0.05) is 30.3 Å². The van der Waals surface area contributed by atoms with E-state index in [1.54, 1.807) is 48.4 Å². The first-order valence-electron chi connectivity index (χ1n) is 13.1. The zero-order chi connectivity index (χ0) is 27.9. The fourth-order valence-electron chi connectivity index (χ4n) is 4.63. The molecule has 4 aromatic rings. The van der Waals surface area contributed by atoms with Gasteiger partial charge in [0.1, 0.15) is 18.1 Å². The molecule has 204 valence electrons. The van der Waals surface area contributed by atoms with E-state index in [1.165, 1.54) is 17.0 Å². The lowest BCUT2D eigenvalue weighted by atomic mass is 10.1. The molecular weight excluding hydrogens is 509 g/mol. The third-order valence-corrected chi connectivity index (χ3v) is 6.91. The summed E-state index contributed by atoms with van der Waals surface area (Å²) in [6.07, 6.45) is 0. The van der Waals surface area contributed by atoms with Crippen molar-refractivity contribution in [3.63, 3.8) is 0 Å². The highest BCUT2D eigenvalue weighted by atomic mass is 19.1. The van der Waals surface area contributed by atoms with Crippen LogP contribution in [0.15, 0.2) is 91.0 Å². The lowest BCUT2D eigenvalue weighted by Gasteiger charge is -2.36. The molecule has 0 N–H and O–H groups in total. The molecule has 1 aromatic heterocycles. The fraction of sp³-hybridized carbons (Fsp3) is 0.226. The van der Waals surface area contributed by atoms with Crippen LogP contribution in [0.2, 0.25) is 0 Å². The summed E-state index contributed by atoms with van der Waals surface area (Å²) in [7, 11) is 1.63. The second kappa shape index (κ2) is 12.4. The van der Waals surface area contributed by atoms with Gasteiger partial charge in [-0.05, 0) is 66.2 Å². The number of carbonyl (C=O) groups is 2. The first kappa shape index (κ1) is 26.8. The topological polar surface area (TPSA) is 78.9 Å². The van der Waals surface area contributed by atoms with Gasteiger partial charge in [-0.25, -0.2) is 4.39 Å².